The number of hydrogen-bond acceptors (Lipinski definition) is 3. The SMILES string of the molecule is CCOC(=O)/C=C/c1ccc(N(c2ccccc2)c2ccc([S+]3CCCC3)cc2)cc1. The van der Waals surface area contributed by atoms with Crippen molar-refractivity contribution < 1.29 is 9.53 Å². The standard InChI is InChI=1S/C27H28NO2S/c1-2-30-27(29)19-12-22-10-13-24(14-11-22)28(23-8-4-3-5-9-23)25-15-17-26(18-16-25)31-20-6-7-21-31/h3-5,8-19H,2,6-7,20-21H2,1H3/q+1/b19-12+. The molecule has 0 atom stereocenters. The van der Waals surface area contributed by atoms with Gasteiger partial charge < -0.3 is 9.64 Å². The minimum Gasteiger partial charge on any atom is -0.463 e. The lowest BCUT2D eigenvalue weighted by atomic mass is 10.1. The summed E-state index contributed by atoms with van der Waals surface area (Å²) in [5.41, 5.74) is 4.30. The third kappa shape index (κ3) is 5.39. The minimum absolute atomic E-state index is 0.319. The van der Waals surface area contributed by atoms with Crippen molar-refractivity contribution in [2.24, 2.45) is 0 Å². The van der Waals surface area contributed by atoms with Gasteiger partial charge in [-0.15, -0.1) is 0 Å². The first-order valence-electron chi connectivity index (χ1n) is 10.8. The number of hydrogen-bond donors (Lipinski definition) is 0. The summed E-state index contributed by atoms with van der Waals surface area (Å²) in [6.07, 6.45) is 5.97. The summed E-state index contributed by atoms with van der Waals surface area (Å²) >= 11 is 0. The molecule has 4 heteroatoms. The topological polar surface area (TPSA) is 29.5 Å². The Kier molecular flexibility index (Phi) is 7.11. The normalized spacial score (nSPS) is 14.1. The van der Waals surface area contributed by atoms with E-state index < -0.39 is 0 Å². The van der Waals surface area contributed by atoms with E-state index in [-0.39, 0.29) is 5.97 Å². The molecular weight excluding hydrogens is 402 g/mol. The highest BCUT2D eigenvalue weighted by Gasteiger charge is 2.26. The number of esters is 1. The summed E-state index contributed by atoms with van der Waals surface area (Å²) in [6.45, 7) is 2.19. The molecule has 1 aliphatic rings. The zero-order chi connectivity index (χ0) is 21.5. The largest absolute Gasteiger partial charge is 0.463 e. The van der Waals surface area contributed by atoms with Gasteiger partial charge in [0, 0.05) is 34.0 Å². The maximum absolute atomic E-state index is 11.6. The van der Waals surface area contributed by atoms with Crippen LogP contribution in [-0.4, -0.2) is 24.1 Å². The first-order valence-corrected chi connectivity index (χ1v) is 12.4. The molecule has 158 valence electrons. The van der Waals surface area contributed by atoms with Gasteiger partial charge in [-0.3, -0.25) is 0 Å². The lowest BCUT2D eigenvalue weighted by Crippen LogP contribution is -2.10. The highest BCUT2D eigenvalue weighted by Crippen LogP contribution is 2.35. The molecule has 1 aliphatic heterocycles. The molecule has 3 aromatic carbocycles. The van der Waals surface area contributed by atoms with Gasteiger partial charge in [0.25, 0.3) is 0 Å². The van der Waals surface area contributed by atoms with E-state index in [9.17, 15) is 4.79 Å². The van der Waals surface area contributed by atoms with Gasteiger partial charge in [0.1, 0.15) is 11.5 Å². The second-order valence-corrected chi connectivity index (χ2v) is 9.72. The van der Waals surface area contributed by atoms with Crippen LogP contribution in [0.2, 0.25) is 0 Å². The summed E-state index contributed by atoms with van der Waals surface area (Å²) in [4.78, 5) is 15.3. The van der Waals surface area contributed by atoms with Crippen LogP contribution in [0.1, 0.15) is 25.3 Å². The number of carbonyl (C=O) groups is 1. The van der Waals surface area contributed by atoms with Crippen LogP contribution >= 0.6 is 0 Å². The van der Waals surface area contributed by atoms with Crippen molar-refractivity contribution in [3.05, 3.63) is 90.5 Å². The Hall–Kier alpha value is -2.98. The first-order chi connectivity index (χ1) is 15.2. The average Bonchev–Trinajstić information content (AvgIpc) is 3.35. The van der Waals surface area contributed by atoms with Crippen molar-refractivity contribution in [2.45, 2.75) is 24.7 Å². The van der Waals surface area contributed by atoms with E-state index in [0.717, 1.165) is 22.6 Å². The summed E-state index contributed by atoms with van der Waals surface area (Å²) in [7, 11) is 0.424. The summed E-state index contributed by atoms with van der Waals surface area (Å²) in [6, 6.07) is 27.7. The van der Waals surface area contributed by atoms with Gasteiger partial charge in [-0.1, -0.05) is 30.3 Å². The number of ether oxygens (including phenoxy) is 1. The fourth-order valence-electron chi connectivity index (χ4n) is 3.79. The third-order valence-electron chi connectivity index (χ3n) is 5.32. The van der Waals surface area contributed by atoms with Crippen molar-refractivity contribution >= 4 is 40.0 Å². The van der Waals surface area contributed by atoms with Gasteiger partial charge in [-0.2, -0.15) is 0 Å². The van der Waals surface area contributed by atoms with E-state index in [1.807, 2.05) is 18.2 Å². The van der Waals surface area contributed by atoms with E-state index in [1.165, 1.54) is 35.3 Å². The summed E-state index contributed by atoms with van der Waals surface area (Å²) in [5, 5.41) is 0. The Bertz CT molecular complexity index is 1010. The minimum atomic E-state index is -0.319. The number of para-hydroxylation sites is 1. The second kappa shape index (κ2) is 10.4. The van der Waals surface area contributed by atoms with Gasteiger partial charge in [-0.25, -0.2) is 4.79 Å². The number of nitrogens with zero attached hydrogens (tertiary/aromatic N) is 1. The van der Waals surface area contributed by atoms with E-state index in [4.69, 9.17) is 4.74 Å². The lowest BCUT2D eigenvalue weighted by Gasteiger charge is -2.25. The highest BCUT2D eigenvalue weighted by molar-refractivity contribution is 7.97. The van der Waals surface area contributed by atoms with Gasteiger partial charge in [0.15, 0.2) is 4.90 Å². The molecule has 0 saturated carbocycles. The number of benzene rings is 3. The number of carbonyl (C=O) groups excluding carboxylic acids is 1. The summed E-state index contributed by atoms with van der Waals surface area (Å²) in [5.74, 6) is 2.35. The van der Waals surface area contributed by atoms with Crippen LogP contribution in [-0.2, 0) is 20.4 Å². The molecule has 0 aromatic heterocycles. The second-order valence-electron chi connectivity index (χ2n) is 7.45. The van der Waals surface area contributed by atoms with Crippen LogP contribution in [0.5, 0.6) is 0 Å². The van der Waals surface area contributed by atoms with Crippen LogP contribution in [0.3, 0.4) is 0 Å². The van der Waals surface area contributed by atoms with E-state index in [2.05, 4.69) is 65.6 Å². The molecule has 0 unspecified atom stereocenters. The Labute approximate surface area is 187 Å². The molecule has 0 N–H and O–H groups in total. The van der Waals surface area contributed by atoms with Crippen LogP contribution in [0.25, 0.3) is 6.08 Å². The van der Waals surface area contributed by atoms with Crippen LogP contribution in [0, 0.1) is 0 Å². The Balaban J connectivity index is 1.61. The molecule has 4 rings (SSSR count). The van der Waals surface area contributed by atoms with Crippen molar-refractivity contribution in [1.82, 2.24) is 0 Å². The van der Waals surface area contributed by atoms with Crippen molar-refractivity contribution in [2.75, 3.05) is 23.0 Å². The predicted octanol–water partition coefficient (Wildman–Crippen LogP) is 6.50. The molecular formula is C27H28NO2S+. The third-order valence-corrected chi connectivity index (χ3v) is 7.83. The molecule has 0 aliphatic carbocycles. The maximum Gasteiger partial charge on any atom is 0.330 e. The monoisotopic (exact) mass is 430 g/mol. The molecule has 0 bridgehead atoms. The van der Waals surface area contributed by atoms with Crippen LogP contribution in [0.4, 0.5) is 17.1 Å². The molecule has 1 heterocycles. The summed E-state index contributed by atoms with van der Waals surface area (Å²) < 4.78 is 4.95. The molecule has 0 spiro atoms. The van der Waals surface area contributed by atoms with Gasteiger partial charge >= 0.3 is 5.97 Å². The quantitative estimate of drug-likeness (QED) is 0.243. The Morgan fingerprint density at radius 3 is 2.06 bits per heavy atom. The lowest BCUT2D eigenvalue weighted by molar-refractivity contribution is -0.137. The first kappa shape index (κ1) is 21.3. The van der Waals surface area contributed by atoms with Crippen molar-refractivity contribution in [3.63, 3.8) is 0 Å². The Morgan fingerprint density at radius 2 is 1.45 bits per heavy atom. The molecule has 3 nitrogen and oxygen atoms in total. The number of rotatable bonds is 7. The van der Waals surface area contributed by atoms with E-state index in [0.29, 0.717) is 17.5 Å². The average molecular weight is 431 g/mol. The fraction of sp³-hybridized carbons (Fsp3) is 0.222. The van der Waals surface area contributed by atoms with E-state index in [1.54, 1.807) is 13.0 Å². The molecule has 3 aromatic rings. The predicted molar refractivity (Wildman–Crippen MR) is 131 cm³/mol. The van der Waals surface area contributed by atoms with Crippen molar-refractivity contribution in [1.29, 1.82) is 0 Å². The Morgan fingerprint density at radius 1 is 0.871 bits per heavy atom. The maximum atomic E-state index is 11.6. The van der Waals surface area contributed by atoms with Crippen molar-refractivity contribution in [3.8, 4) is 0 Å². The van der Waals surface area contributed by atoms with Gasteiger partial charge in [-0.05, 0) is 79.9 Å². The molecule has 31 heavy (non-hydrogen) atoms. The molecule has 1 fully saturated rings. The van der Waals surface area contributed by atoms with Gasteiger partial charge in [0.2, 0.25) is 0 Å². The fourth-order valence-corrected chi connectivity index (χ4v) is 6.09. The zero-order valence-electron chi connectivity index (χ0n) is 17.9. The molecule has 1 saturated heterocycles. The highest BCUT2D eigenvalue weighted by atomic mass is 32.2. The van der Waals surface area contributed by atoms with Crippen LogP contribution < -0.4 is 4.90 Å². The molecule has 0 radical (unpaired) electrons. The van der Waals surface area contributed by atoms with Gasteiger partial charge in [0.05, 0.1) is 6.61 Å². The zero-order valence-corrected chi connectivity index (χ0v) is 18.7. The smallest absolute Gasteiger partial charge is 0.330 e. The molecule has 0 amide bonds. The van der Waals surface area contributed by atoms with E-state index >= 15 is 0 Å². The number of anilines is 3. The van der Waals surface area contributed by atoms with Crippen LogP contribution in [0.15, 0.2) is 89.8 Å².